The molecule has 32 heavy (non-hydrogen) atoms. The van der Waals surface area contributed by atoms with Crippen LogP contribution < -0.4 is 9.64 Å². The minimum Gasteiger partial charge on any atom is -0.491 e. The topological polar surface area (TPSA) is 36.0 Å². The summed E-state index contributed by atoms with van der Waals surface area (Å²) in [5.41, 5.74) is 3.86. The van der Waals surface area contributed by atoms with Crippen molar-refractivity contribution in [3.63, 3.8) is 0 Å². The number of anilines is 1. The summed E-state index contributed by atoms with van der Waals surface area (Å²) in [4.78, 5) is 19.6. The van der Waals surface area contributed by atoms with Crippen LogP contribution in [0.1, 0.15) is 50.7 Å². The molecule has 2 aliphatic heterocycles. The maximum Gasteiger partial charge on any atom is 0.223 e. The van der Waals surface area contributed by atoms with Crippen molar-refractivity contribution in [1.82, 2.24) is 9.80 Å². The van der Waals surface area contributed by atoms with E-state index >= 15 is 0 Å². The second-order valence-corrected chi connectivity index (χ2v) is 9.32. The molecule has 2 aliphatic rings. The Labute approximate surface area is 193 Å². The van der Waals surface area contributed by atoms with Crippen molar-refractivity contribution in [2.24, 2.45) is 0 Å². The molecule has 2 aromatic rings. The van der Waals surface area contributed by atoms with Crippen molar-refractivity contribution in [3.05, 3.63) is 59.7 Å². The molecule has 0 radical (unpaired) electrons. The molecule has 172 valence electrons. The van der Waals surface area contributed by atoms with Crippen LogP contribution in [0.25, 0.3) is 0 Å². The SMILES string of the molecule is CC(C)Oc1cccc(N2CCN(CCCCCC(=O)N3Cc4ccccc4C3)CC2)c1. The van der Waals surface area contributed by atoms with Gasteiger partial charge in [-0.2, -0.15) is 0 Å². The highest BCUT2D eigenvalue weighted by atomic mass is 16.5. The van der Waals surface area contributed by atoms with Gasteiger partial charge in [-0.3, -0.25) is 9.69 Å². The number of carbonyl (C=O) groups is 1. The lowest BCUT2D eigenvalue weighted by Gasteiger charge is -2.36. The fourth-order valence-corrected chi connectivity index (χ4v) is 4.71. The number of benzene rings is 2. The lowest BCUT2D eigenvalue weighted by molar-refractivity contribution is -0.131. The maximum absolute atomic E-state index is 12.5. The van der Waals surface area contributed by atoms with Gasteiger partial charge in [0.15, 0.2) is 0 Å². The van der Waals surface area contributed by atoms with Gasteiger partial charge in [0.05, 0.1) is 6.10 Å². The lowest BCUT2D eigenvalue weighted by Crippen LogP contribution is -2.46. The Bertz CT molecular complexity index is 865. The van der Waals surface area contributed by atoms with Crippen LogP contribution in [0.5, 0.6) is 5.75 Å². The van der Waals surface area contributed by atoms with Crippen LogP contribution in [0.15, 0.2) is 48.5 Å². The number of hydrogen-bond donors (Lipinski definition) is 0. The molecule has 0 aromatic heterocycles. The first-order valence-electron chi connectivity index (χ1n) is 12.2. The minimum atomic E-state index is 0.198. The predicted molar refractivity (Wildman–Crippen MR) is 130 cm³/mol. The minimum absolute atomic E-state index is 0.198. The van der Waals surface area contributed by atoms with E-state index in [4.69, 9.17) is 4.74 Å². The number of hydrogen-bond acceptors (Lipinski definition) is 4. The van der Waals surface area contributed by atoms with Gasteiger partial charge < -0.3 is 14.5 Å². The number of nitrogens with zero attached hydrogens (tertiary/aromatic N) is 3. The molecule has 0 unspecified atom stereocenters. The van der Waals surface area contributed by atoms with Gasteiger partial charge in [-0.25, -0.2) is 0 Å². The van der Waals surface area contributed by atoms with Crippen molar-refractivity contribution in [2.75, 3.05) is 37.6 Å². The quantitative estimate of drug-likeness (QED) is 0.535. The summed E-state index contributed by atoms with van der Waals surface area (Å²) in [5, 5.41) is 0. The fourth-order valence-electron chi connectivity index (χ4n) is 4.71. The monoisotopic (exact) mass is 435 g/mol. The van der Waals surface area contributed by atoms with E-state index in [1.807, 2.05) is 11.0 Å². The van der Waals surface area contributed by atoms with Crippen LogP contribution in [-0.2, 0) is 17.9 Å². The number of ether oxygens (including phenoxy) is 1. The molecule has 4 rings (SSSR count). The van der Waals surface area contributed by atoms with Gasteiger partial charge in [-0.1, -0.05) is 36.8 Å². The number of piperazine rings is 1. The van der Waals surface area contributed by atoms with Crippen LogP contribution in [0, 0.1) is 0 Å². The molecule has 2 aromatic carbocycles. The molecule has 5 heteroatoms. The van der Waals surface area contributed by atoms with Gasteiger partial charge in [0.25, 0.3) is 0 Å². The van der Waals surface area contributed by atoms with E-state index in [2.05, 4.69) is 66.1 Å². The third-order valence-electron chi connectivity index (χ3n) is 6.49. The third-order valence-corrected chi connectivity index (χ3v) is 6.49. The Morgan fingerprint density at radius 1 is 0.906 bits per heavy atom. The summed E-state index contributed by atoms with van der Waals surface area (Å²) in [7, 11) is 0. The van der Waals surface area contributed by atoms with Gasteiger partial charge in [0.2, 0.25) is 5.91 Å². The lowest BCUT2D eigenvalue weighted by atomic mass is 10.1. The van der Waals surface area contributed by atoms with Crippen molar-refractivity contribution >= 4 is 11.6 Å². The Morgan fingerprint density at radius 2 is 1.62 bits per heavy atom. The Kier molecular flexibility index (Phi) is 7.69. The Morgan fingerprint density at radius 3 is 2.31 bits per heavy atom. The molecule has 0 aliphatic carbocycles. The first kappa shape index (κ1) is 22.7. The summed E-state index contributed by atoms with van der Waals surface area (Å²) in [5.74, 6) is 1.26. The van der Waals surface area contributed by atoms with Gasteiger partial charge in [-0.05, 0) is 56.5 Å². The predicted octanol–water partition coefficient (Wildman–Crippen LogP) is 4.70. The summed E-state index contributed by atoms with van der Waals surface area (Å²) >= 11 is 0. The van der Waals surface area contributed by atoms with Crippen LogP contribution in [0.3, 0.4) is 0 Å². The molecule has 1 fully saturated rings. The summed E-state index contributed by atoms with van der Waals surface area (Å²) in [6.07, 6.45) is 4.17. The maximum atomic E-state index is 12.5. The summed E-state index contributed by atoms with van der Waals surface area (Å²) in [6.45, 7) is 11.1. The number of unbranched alkanes of at least 4 members (excludes halogenated alkanes) is 2. The molecule has 0 bridgehead atoms. The van der Waals surface area contributed by atoms with E-state index in [9.17, 15) is 4.79 Å². The van der Waals surface area contributed by atoms with E-state index in [-0.39, 0.29) is 6.10 Å². The Balaban J connectivity index is 1.10. The summed E-state index contributed by atoms with van der Waals surface area (Å²) < 4.78 is 5.84. The second kappa shape index (κ2) is 10.9. The number of amides is 1. The number of fused-ring (bicyclic) bond motifs is 1. The standard InChI is InChI=1S/C27H37N3O2/c1-22(2)32-26-12-8-11-25(19-26)29-17-15-28(16-18-29)14-7-3-4-13-27(31)30-20-23-9-5-6-10-24(23)21-30/h5-6,8-12,19,22H,3-4,7,13-18,20-21H2,1-2H3. The molecule has 1 amide bonds. The largest absolute Gasteiger partial charge is 0.491 e. The fraction of sp³-hybridized carbons (Fsp3) is 0.519. The van der Waals surface area contributed by atoms with Crippen molar-refractivity contribution < 1.29 is 9.53 Å². The second-order valence-electron chi connectivity index (χ2n) is 9.32. The molecular weight excluding hydrogens is 398 g/mol. The first-order chi connectivity index (χ1) is 15.6. The van der Waals surface area contributed by atoms with Gasteiger partial charge in [0.1, 0.15) is 5.75 Å². The zero-order chi connectivity index (χ0) is 22.3. The van der Waals surface area contributed by atoms with Crippen LogP contribution in [0.2, 0.25) is 0 Å². The van der Waals surface area contributed by atoms with E-state index in [0.717, 1.165) is 64.4 Å². The zero-order valence-electron chi connectivity index (χ0n) is 19.6. The van der Waals surface area contributed by atoms with E-state index < -0.39 is 0 Å². The van der Waals surface area contributed by atoms with Gasteiger partial charge in [0, 0.05) is 57.4 Å². The van der Waals surface area contributed by atoms with Crippen molar-refractivity contribution in [1.29, 1.82) is 0 Å². The van der Waals surface area contributed by atoms with Gasteiger partial charge in [-0.15, -0.1) is 0 Å². The average Bonchev–Trinajstić information content (AvgIpc) is 3.23. The van der Waals surface area contributed by atoms with E-state index in [1.165, 1.54) is 23.2 Å². The van der Waals surface area contributed by atoms with Crippen molar-refractivity contribution in [3.8, 4) is 5.75 Å². The highest BCUT2D eigenvalue weighted by molar-refractivity contribution is 5.76. The molecule has 0 N–H and O–H groups in total. The molecule has 1 saturated heterocycles. The molecule has 0 saturated carbocycles. The van der Waals surface area contributed by atoms with Crippen LogP contribution >= 0.6 is 0 Å². The van der Waals surface area contributed by atoms with Gasteiger partial charge >= 0.3 is 0 Å². The summed E-state index contributed by atoms with van der Waals surface area (Å²) in [6, 6.07) is 16.9. The molecule has 2 heterocycles. The first-order valence-corrected chi connectivity index (χ1v) is 12.2. The smallest absolute Gasteiger partial charge is 0.223 e. The molecule has 5 nitrogen and oxygen atoms in total. The molecule has 0 spiro atoms. The van der Waals surface area contributed by atoms with Crippen molar-refractivity contribution in [2.45, 2.75) is 58.7 Å². The number of carbonyl (C=O) groups excluding carboxylic acids is 1. The average molecular weight is 436 g/mol. The number of rotatable bonds is 9. The highest BCUT2D eigenvalue weighted by Crippen LogP contribution is 2.24. The third kappa shape index (κ3) is 6.04. The van der Waals surface area contributed by atoms with E-state index in [0.29, 0.717) is 12.3 Å². The molecular formula is C27H37N3O2. The van der Waals surface area contributed by atoms with E-state index in [1.54, 1.807) is 0 Å². The molecule has 0 atom stereocenters. The van der Waals surface area contributed by atoms with Crippen LogP contribution in [0.4, 0.5) is 5.69 Å². The normalized spacial score (nSPS) is 16.5. The highest BCUT2D eigenvalue weighted by Gasteiger charge is 2.22. The zero-order valence-corrected chi connectivity index (χ0v) is 19.6. The Hall–Kier alpha value is -2.53. The van der Waals surface area contributed by atoms with Crippen LogP contribution in [-0.4, -0.2) is 54.5 Å².